The number of nitrogens with one attached hydrogen (secondary N) is 1. The normalized spacial score (nSPS) is 11.7. The quantitative estimate of drug-likeness (QED) is 0.416. The number of nitrogens with zero attached hydrogens (tertiary/aromatic N) is 2. The minimum absolute atomic E-state index is 0.0781. The fourth-order valence-corrected chi connectivity index (χ4v) is 3.97. The van der Waals surface area contributed by atoms with Gasteiger partial charge in [-0.3, -0.25) is 9.48 Å². The highest BCUT2D eigenvalue weighted by Gasteiger charge is 2.25. The van der Waals surface area contributed by atoms with Crippen molar-refractivity contribution < 1.29 is 9.53 Å². The van der Waals surface area contributed by atoms with Gasteiger partial charge in [-0.25, -0.2) is 9.48 Å². The van der Waals surface area contributed by atoms with Crippen LogP contribution in [0.4, 0.5) is 5.69 Å². The first-order valence-electron chi connectivity index (χ1n) is 10.9. The average molecular weight is 442 g/mol. The van der Waals surface area contributed by atoms with Gasteiger partial charge in [-0.15, -0.1) is 0 Å². The first-order valence-corrected chi connectivity index (χ1v) is 10.9. The number of rotatable bonds is 7. The van der Waals surface area contributed by atoms with Crippen molar-refractivity contribution >= 4 is 11.7 Å². The van der Waals surface area contributed by atoms with Crippen LogP contribution in [0.1, 0.15) is 40.1 Å². The summed E-state index contributed by atoms with van der Waals surface area (Å²) < 4.78 is 8.64. The lowest BCUT2D eigenvalue weighted by atomic mass is 9.98. The topological polar surface area (TPSA) is 65.3 Å². The summed E-state index contributed by atoms with van der Waals surface area (Å²) in [5.74, 6) is -0.353. The van der Waals surface area contributed by atoms with E-state index in [1.54, 1.807) is 23.7 Å². The van der Waals surface area contributed by atoms with Gasteiger partial charge in [0.15, 0.2) is 0 Å². The van der Waals surface area contributed by atoms with Crippen molar-refractivity contribution in [3.63, 3.8) is 0 Å². The molecule has 0 saturated heterocycles. The van der Waals surface area contributed by atoms with Crippen LogP contribution in [0.3, 0.4) is 0 Å². The smallest absolute Gasteiger partial charge is 0.338 e. The lowest BCUT2D eigenvalue weighted by Crippen LogP contribution is -2.24. The maximum atomic E-state index is 13.7. The van der Waals surface area contributed by atoms with Crippen LogP contribution in [-0.4, -0.2) is 21.9 Å². The van der Waals surface area contributed by atoms with Crippen molar-refractivity contribution in [3.8, 4) is 5.69 Å². The minimum Gasteiger partial charge on any atom is -0.462 e. The number of para-hydroxylation sites is 1. The Bertz CT molecular complexity index is 1290. The van der Waals surface area contributed by atoms with E-state index in [9.17, 15) is 9.59 Å². The molecule has 6 nitrogen and oxygen atoms in total. The molecule has 6 heteroatoms. The van der Waals surface area contributed by atoms with E-state index < -0.39 is 0 Å². The van der Waals surface area contributed by atoms with E-state index in [0.717, 1.165) is 22.6 Å². The van der Waals surface area contributed by atoms with Crippen LogP contribution in [0.2, 0.25) is 0 Å². The van der Waals surface area contributed by atoms with Gasteiger partial charge in [0.05, 0.1) is 29.5 Å². The third kappa shape index (κ3) is 4.46. The highest BCUT2D eigenvalue weighted by atomic mass is 16.5. The molecule has 1 heterocycles. The first-order chi connectivity index (χ1) is 16.0. The molecule has 33 heavy (non-hydrogen) atoms. The van der Waals surface area contributed by atoms with Crippen molar-refractivity contribution in [3.05, 3.63) is 118 Å². The van der Waals surface area contributed by atoms with Gasteiger partial charge in [-0.2, -0.15) is 0 Å². The van der Waals surface area contributed by atoms with E-state index >= 15 is 0 Å². The van der Waals surface area contributed by atoms with Crippen LogP contribution >= 0.6 is 0 Å². The fourth-order valence-electron chi connectivity index (χ4n) is 3.97. The standard InChI is InChI=1S/C27H27N3O3/c1-4-33-27(32)21-15-17-22(18-16-21)28-25(20-11-7-5-8-12-20)24-19(2)29(3)30(26(24)31)23-13-9-6-10-14-23/h5-18,25,28H,4H2,1-3H3/t25-/m0/s1. The summed E-state index contributed by atoms with van der Waals surface area (Å²) in [5, 5.41) is 3.50. The summed E-state index contributed by atoms with van der Waals surface area (Å²) in [4.78, 5) is 25.7. The van der Waals surface area contributed by atoms with E-state index in [4.69, 9.17) is 4.74 Å². The van der Waals surface area contributed by atoms with Crippen molar-refractivity contribution in [2.24, 2.45) is 7.05 Å². The summed E-state index contributed by atoms with van der Waals surface area (Å²) >= 11 is 0. The Hall–Kier alpha value is -4.06. The van der Waals surface area contributed by atoms with Crippen LogP contribution in [0.15, 0.2) is 89.7 Å². The van der Waals surface area contributed by atoms with Gasteiger partial charge in [-0.1, -0.05) is 48.5 Å². The van der Waals surface area contributed by atoms with Gasteiger partial charge in [0, 0.05) is 18.4 Å². The minimum atomic E-state index is -0.372. The highest BCUT2D eigenvalue weighted by Crippen LogP contribution is 2.28. The second-order valence-electron chi connectivity index (χ2n) is 7.76. The van der Waals surface area contributed by atoms with Crippen LogP contribution in [0.25, 0.3) is 5.69 Å². The summed E-state index contributed by atoms with van der Waals surface area (Å²) in [5.41, 5.74) is 4.52. The lowest BCUT2D eigenvalue weighted by molar-refractivity contribution is 0.0526. The van der Waals surface area contributed by atoms with Gasteiger partial charge >= 0.3 is 5.97 Å². The molecule has 0 bridgehead atoms. The van der Waals surface area contributed by atoms with Crippen LogP contribution in [0, 0.1) is 6.92 Å². The number of carbonyl (C=O) groups excluding carboxylic acids is 1. The van der Waals surface area contributed by atoms with E-state index in [1.165, 1.54) is 0 Å². The largest absolute Gasteiger partial charge is 0.462 e. The Labute approximate surface area is 193 Å². The first kappa shape index (κ1) is 22.1. The van der Waals surface area contributed by atoms with Gasteiger partial charge in [0.25, 0.3) is 5.56 Å². The molecule has 0 aliphatic rings. The Balaban J connectivity index is 1.77. The molecule has 3 aromatic carbocycles. The van der Waals surface area contributed by atoms with E-state index in [0.29, 0.717) is 17.7 Å². The van der Waals surface area contributed by atoms with Crippen molar-refractivity contribution in [2.75, 3.05) is 11.9 Å². The molecule has 1 aromatic heterocycles. The Morgan fingerprint density at radius 3 is 2.15 bits per heavy atom. The van der Waals surface area contributed by atoms with E-state index in [2.05, 4.69) is 5.32 Å². The Morgan fingerprint density at radius 1 is 0.939 bits per heavy atom. The molecule has 4 rings (SSSR count). The third-order valence-electron chi connectivity index (χ3n) is 5.73. The number of hydrogen-bond acceptors (Lipinski definition) is 4. The molecule has 168 valence electrons. The summed E-state index contributed by atoms with van der Waals surface area (Å²) in [7, 11) is 1.89. The summed E-state index contributed by atoms with van der Waals surface area (Å²) in [6, 6.07) is 26.2. The number of aromatic nitrogens is 2. The number of carbonyl (C=O) groups is 1. The second kappa shape index (κ2) is 9.61. The zero-order chi connectivity index (χ0) is 23.4. The van der Waals surface area contributed by atoms with Gasteiger partial charge in [0.1, 0.15) is 0 Å². The molecule has 1 N–H and O–H groups in total. The van der Waals surface area contributed by atoms with Gasteiger partial charge in [0.2, 0.25) is 0 Å². The average Bonchev–Trinajstić information content (AvgIpc) is 3.07. The number of esters is 1. The van der Waals surface area contributed by atoms with Crippen LogP contribution in [-0.2, 0) is 11.8 Å². The molecule has 0 spiro atoms. The van der Waals surface area contributed by atoms with Crippen LogP contribution < -0.4 is 10.9 Å². The molecule has 0 amide bonds. The predicted octanol–water partition coefficient (Wildman–Crippen LogP) is 4.86. The molecule has 0 radical (unpaired) electrons. The highest BCUT2D eigenvalue weighted by molar-refractivity contribution is 5.89. The maximum Gasteiger partial charge on any atom is 0.338 e. The third-order valence-corrected chi connectivity index (χ3v) is 5.73. The Kier molecular flexibility index (Phi) is 6.45. The zero-order valence-corrected chi connectivity index (χ0v) is 19.0. The van der Waals surface area contributed by atoms with Crippen molar-refractivity contribution in [1.82, 2.24) is 9.36 Å². The molecule has 4 aromatic rings. The number of hydrogen-bond donors (Lipinski definition) is 1. The van der Waals surface area contributed by atoms with E-state index in [1.807, 2.05) is 91.4 Å². The molecule has 1 atom stereocenters. The molecular weight excluding hydrogens is 414 g/mol. The van der Waals surface area contributed by atoms with Gasteiger partial charge in [-0.05, 0) is 55.8 Å². The molecule has 0 fully saturated rings. The summed E-state index contributed by atoms with van der Waals surface area (Å²) in [6.07, 6.45) is 0. The number of benzene rings is 3. The molecule has 0 saturated carbocycles. The monoisotopic (exact) mass is 441 g/mol. The van der Waals surface area contributed by atoms with Crippen molar-refractivity contribution in [1.29, 1.82) is 0 Å². The zero-order valence-electron chi connectivity index (χ0n) is 19.0. The number of ether oxygens (including phenoxy) is 1. The molecule has 0 unspecified atom stereocenters. The Morgan fingerprint density at radius 2 is 1.55 bits per heavy atom. The fraction of sp³-hybridized carbons (Fsp3) is 0.185. The van der Waals surface area contributed by atoms with Gasteiger partial charge < -0.3 is 10.1 Å². The molecule has 0 aliphatic heterocycles. The number of anilines is 1. The lowest BCUT2D eigenvalue weighted by Gasteiger charge is -2.20. The predicted molar refractivity (Wildman–Crippen MR) is 130 cm³/mol. The molecular formula is C27H27N3O3. The molecule has 0 aliphatic carbocycles. The van der Waals surface area contributed by atoms with Crippen LogP contribution in [0.5, 0.6) is 0 Å². The van der Waals surface area contributed by atoms with Crippen molar-refractivity contribution in [2.45, 2.75) is 19.9 Å². The SMILES string of the molecule is CCOC(=O)c1ccc(N[C@@H](c2ccccc2)c2c(C)n(C)n(-c3ccccc3)c2=O)cc1. The second-order valence-corrected chi connectivity index (χ2v) is 7.76. The maximum absolute atomic E-state index is 13.7. The summed E-state index contributed by atoms with van der Waals surface area (Å²) in [6.45, 7) is 4.07. The van der Waals surface area contributed by atoms with E-state index in [-0.39, 0.29) is 17.6 Å².